The zero-order valence-electron chi connectivity index (χ0n) is 11.7. The highest BCUT2D eigenvalue weighted by Gasteiger charge is 2.36. The lowest BCUT2D eigenvalue weighted by atomic mass is 9.99. The second-order valence-electron chi connectivity index (χ2n) is 6.17. The van der Waals surface area contributed by atoms with Crippen molar-refractivity contribution in [1.82, 2.24) is 9.80 Å². The molecule has 0 aromatic carbocycles. The Kier molecular flexibility index (Phi) is 4.45. The molecule has 0 spiro atoms. The fourth-order valence-corrected chi connectivity index (χ4v) is 3.25. The van der Waals surface area contributed by atoms with Gasteiger partial charge >= 0.3 is 0 Å². The first-order chi connectivity index (χ1) is 8.13. The van der Waals surface area contributed by atoms with Crippen LogP contribution in [0.4, 0.5) is 0 Å². The van der Waals surface area contributed by atoms with Crippen LogP contribution in [0.1, 0.15) is 39.5 Å². The van der Waals surface area contributed by atoms with Crippen LogP contribution < -0.4 is 5.73 Å². The maximum absolute atomic E-state index is 5.94. The molecule has 1 aliphatic carbocycles. The molecule has 1 saturated carbocycles. The molecule has 2 fully saturated rings. The molecule has 0 aromatic rings. The third-order valence-electron chi connectivity index (χ3n) is 4.74. The van der Waals surface area contributed by atoms with E-state index >= 15 is 0 Å². The van der Waals surface area contributed by atoms with E-state index in [4.69, 9.17) is 5.73 Å². The van der Waals surface area contributed by atoms with Crippen LogP contribution in [0.25, 0.3) is 0 Å². The van der Waals surface area contributed by atoms with E-state index in [0.717, 1.165) is 18.5 Å². The van der Waals surface area contributed by atoms with Crippen LogP contribution in [0.2, 0.25) is 0 Å². The van der Waals surface area contributed by atoms with Crippen LogP contribution in [-0.2, 0) is 0 Å². The lowest BCUT2D eigenvalue weighted by molar-refractivity contribution is 0.0776. The first-order valence-electron chi connectivity index (χ1n) is 7.29. The molecule has 2 rings (SSSR count). The summed E-state index contributed by atoms with van der Waals surface area (Å²) in [6, 6.07) is 2.11. The highest BCUT2D eigenvalue weighted by atomic mass is 15.2. The molecule has 0 radical (unpaired) electrons. The summed E-state index contributed by atoms with van der Waals surface area (Å²) in [5, 5.41) is 0. The molecule has 1 atom stereocenters. The maximum Gasteiger partial charge on any atom is 0.0246 e. The Labute approximate surface area is 106 Å². The molecule has 0 bridgehead atoms. The van der Waals surface area contributed by atoms with Crippen molar-refractivity contribution in [2.45, 2.75) is 57.7 Å². The van der Waals surface area contributed by atoms with Crippen LogP contribution in [0.5, 0.6) is 0 Å². The van der Waals surface area contributed by atoms with E-state index in [0.29, 0.717) is 12.1 Å². The van der Waals surface area contributed by atoms with Crippen LogP contribution in [0.3, 0.4) is 0 Å². The summed E-state index contributed by atoms with van der Waals surface area (Å²) < 4.78 is 0. The van der Waals surface area contributed by atoms with Gasteiger partial charge in [0.2, 0.25) is 0 Å². The summed E-state index contributed by atoms with van der Waals surface area (Å²) in [5.41, 5.74) is 5.94. The number of nitrogens with zero attached hydrogens (tertiary/aromatic N) is 2. The van der Waals surface area contributed by atoms with E-state index in [1.165, 1.54) is 38.8 Å². The lowest BCUT2D eigenvalue weighted by Crippen LogP contribution is -2.51. The van der Waals surface area contributed by atoms with Crippen LogP contribution in [0, 0.1) is 5.92 Å². The number of likely N-dealkylation sites (N-methyl/N-ethyl adjacent to an activating group) is 1. The maximum atomic E-state index is 5.94. The zero-order chi connectivity index (χ0) is 12.4. The number of hydrogen-bond acceptors (Lipinski definition) is 3. The van der Waals surface area contributed by atoms with E-state index < -0.39 is 0 Å². The van der Waals surface area contributed by atoms with E-state index in [-0.39, 0.29) is 0 Å². The molecule has 1 aliphatic heterocycles. The Balaban J connectivity index is 1.82. The lowest BCUT2D eigenvalue weighted by Gasteiger charge is -2.41. The van der Waals surface area contributed by atoms with Crippen LogP contribution in [-0.4, -0.2) is 54.6 Å². The number of hydrogen-bond donors (Lipinski definition) is 1. The summed E-state index contributed by atoms with van der Waals surface area (Å²) in [7, 11) is 2.30. The van der Waals surface area contributed by atoms with Crippen LogP contribution >= 0.6 is 0 Å². The van der Waals surface area contributed by atoms with Crippen LogP contribution in [0.15, 0.2) is 0 Å². The Bertz CT molecular complexity index is 230. The minimum Gasteiger partial charge on any atom is -0.329 e. The third kappa shape index (κ3) is 3.21. The fourth-order valence-electron chi connectivity index (χ4n) is 3.25. The van der Waals surface area contributed by atoms with Crippen molar-refractivity contribution in [3.63, 3.8) is 0 Å². The number of nitrogens with two attached hydrogens (primary N) is 1. The summed E-state index contributed by atoms with van der Waals surface area (Å²) >= 11 is 0. The largest absolute Gasteiger partial charge is 0.329 e. The van der Waals surface area contributed by atoms with Gasteiger partial charge in [0.25, 0.3) is 0 Å². The predicted molar refractivity (Wildman–Crippen MR) is 73.1 cm³/mol. The highest BCUT2D eigenvalue weighted by Crippen LogP contribution is 2.36. The summed E-state index contributed by atoms with van der Waals surface area (Å²) in [6.45, 7) is 7.96. The van der Waals surface area contributed by atoms with E-state index in [9.17, 15) is 0 Å². The van der Waals surface area contributed by atoms with Crippen molar-refractivity contribution in [2.24, 2.45) is 11.7 Å². The van der Waals surface area contributed by atoms with E-state index in [2.05, 4.69) is 30.7 Å². The Morgan fingerprint density at radius 2 is 1.76 bits per heavy atom. The Hall–Kier alpha value is -0.120. The van der Waals surface area contributed by atoms with Gasteiger partial charge in [0.1, 0.15) is 0 Å². The topological polar surface area (TPSA) is 32.5 Å². The zero-order valence-corrected chi connectivity index (χ0v) is 11.7. The summed E-state index contributed by atoms with van der Waals surface area (Å²) in [5.74, 6) is 0.896. The standard InChI is InChI=1S/C14H29N3/c1-11(2)17-8-6-13(7-9-17)16(3)14(10-15)12-4-5-12/h11-14H,4-10,15H2,1-3H3. The number of piperidine rings is 1. The third-order valence-corrected chi connectivity index (χ3v) is 4.74. The second-order valence-corrected chi connectivity index (χ2v) is 6.17. The normalized spacial score (nSPS) is 25.8. The molecular formula is C14H29N3. The van der Waals surface area contributed by atoms with Gasteiger partial charge in [0.15, 0.2) is 0 Å². The monoisotopic (exact) mass is 239 g/mol. The highest BCUT2D eigenvalue weighted by molar-refractivity contribution is 4.91. The van der Waals surface area contributed by atoms with Gasteiger partial charge in [-0.3, -0.25) is 4.90 Å². The molecule has 3 heteroatoms. The minimum atomic E-state index is 0.644. The molecule has 1 heterocycles. The van der Waals surface area contributed by atoms with Gasteiger partial charge in [-0.15, -0.1) is 0 Å². The van der Waals surface area contributed by atoms with Crippen molar-refractivity contribution < 1.29 is 0 Å². The van der Waals surface area contributed by atoms with Gasteiger partial charge in [-0.1, -0.05) is 0 Å². The second kappa shape index (κ2) is 5.68. The van der Waals surface area contributed by atoms with Crippen molar-refractivity contribution >= 4 is 0 Å². The molecule has 1 saturated heterocycles. The molecule has 2 N–H and O–H groups in total. The van der Waals surface area contributed by atoms with Crippen molar-refractivity contribution in [2.75, 3.05) is 26.7 Å². The average molecular weight is 239 g/mol. The number of rotatable bonds is 5. The van der Waals surface area contributed by atoms with E-state index in [1.807, 2.05) is 0 Å². The predicted octanol–water partition coefficient (Wildman–Crippen LogP) is 1.53. The van der Waals surface area contributed by atoms with Gasteiger partial charge in [-0.25, -0.2) is 0 Å². The molecule has 3 nitrogen and oxygen atoms in total. The molecule has 17 heavy (non-hydrogen) atoms. The molecule has 1 unspecified atom stereocenters. The van der Waals surface area contributed by atoms with E-state index in [1.54, 1.807) is 0 Å². The van der Waals surface area contributed by atoms with Crippen molar-refractivity contribution in [3.8, 4) is 0 Å². The molecule has 0 amide bonds. The molecule has 100 valence electrons. The van der Waals surface area contributed by atoms with Gasteiger partial charge in [-0.2, -0.15) is 0 Å². The number of likely N-dealkylation sites (tertiary alicyclic amines) is 1. The first kappa shape index (κ1) is 13.3. The first-order valence-corrected chi connectivity index (χ1v) is 7.29. The average Bonchev–Trinajstić information content (AvgIpc) is 3.14. The van der Waals surface area contributed by atoms with Crippen molar-refractivity contribution in [1.29, 1.82) is 0 Å². The summed E-state index contributed by atoms with van der Waals surface area (Å²) in [6.07, 6.45) is 5.43. The fraction of sp³-hybridized carbons (Fsp3) is 1.00. The molecule has 2 aliphatic rings. The van der Waals surface area contributed by atoms with Gasteiger partial charge in [-0.05, 0) is 65.6 Å². The SMILES string of the molecule is CC(C)N1CCC(N(C)C(CN)C2CC2)CC1. The smallest absolute Gasteiger partial charge is 0.0246 e. The summed E-state index contributed by atoms with van der Waals surface area (Å²) in [4.78, 5) is 5.19. The van der Waals surface area contributed by atoms with Gasteiger partial charge in [0, 0.05) is 24.7 Å². The molecular weight excluding hydrogens is 210 g/mol. The Morgan fingerprint density at radius 3 is 2.18 bits per heavy atom. The Morgan fingerprint density at radius 1 is 1.18 bits per heavy atom. The van der Waals surface area contributed by atoms with Gasteiger partial charge in [0.05, 0.1) is 0 Å². The molecule has 0 aromatic heterocycles. The quantitative estimate of drug-likeness (QED) is 0.790. The van der Waals surface area contributed by atoms with Crippen molar-refractivity contribution in [3.05, 3.63) is 0 Å². The van der Waals surface area contributed by atoms with Gasteiger partial charge < -0.3 is 10.6 Å². The minimum absolute atomic E-state index is 0.644.